The van der Waals surface area contributed by atoms with Gasteiger partial charge in [0.05, 0.1) is 0 Å². The van der Waals surface area contributed by atoms with Crippen LogP contribution in [0.4, 0.5) is 5.95 Å². The molecule has 110 valence electrons. The van der Waals surface area contributed by atoms with E-state index in [0.717, 1.165) is 24.0 Å². The lowest BCUT2D eigenvalue weighted by Crippen LogP contribution is -2.24. The second kappa shape index (κ2) is 5.48. The molecule has 1 unspecified atom stereocenters. The zero-order valence-corrected chi connectivity index (χ0v) is 13.2. The Balaban J connectivity index is 1.82. The molecule has 1 aliphatic heterocycles. The van der Waals surface area contributed by atoms with Gasteiger partial charge < -0.3 is 10.6 Å². The molecule has 21 heavy (non-hydrogen) atoms. The number of carbonyl (C=O) groups is 1. The summed E-state index contributed by atoms with van der Waals surface area (Å²) in [7, 11) is 1.77. The van der Waals surface area contributed by atoms with Gasteiger partial charge in [0.25, 0.3) is 5.91 Å². The van der Waals surface area contributed by atoms with Crippen molar-refractivity contribution in [3.63, 3.8) is 0 Å². The van der Waals surface area contributed by atoms with Crippen molar-refractivity contribution in [2.24, 2.45) is 12.8 Å². The van der Waals surface area contributed by atoms with Gasteiger partial charge in [0.2, 0.25) is 11.8 Å². The fourth-order valence-electron chi connectivity index (χ4n) is 2.81. The number of benzene rings is 1. The summed E-state index contributed by atoms with van der Waals surface area (Å²) in [5, 5.41) is 7.96. The lowest BCUT2D eigenvalue weighted by Gasteiger charge is -2.17. The Morgan fingerprint density at radius 3 is 2.81 bits per heavy atom. The zero-order chi connectivity index (χ0) is 15.0. The molecule has 2 N–H and O–H groups in total. The van der Waals surface area contributed by atoms with Crippen molar-refractivity contribution in [1.29, 1.82) is 0 Å². The van der Waals surface area contributed by atoms with Gasteiger partial charge in [-0.1, -0.05) is 34.1 Å². The van der Waals surface area contributed by atoms with Crippen LogP contribution in [0.25, 0.3) is 0 Å². The van der Waals surface area contributed by atoms with Gasteiger partial charge in [-0.05, 0) is 18.1 Å². The number of anilines is 1. The zero-order valence-electron chi connectivity index (χ0n) is 11.7. The maximum absolute atomic E-state index is 11.3. The lowest BCUT2D eigenvalue weighted by atomic mass is 9.99. The van der Waals surface area contributed by atoms with E-state index in [1.807, 2.05) is 6.07 Å². The summed E-state index contributed by atoms with van der Waals surface area (Å²) < 4.78 is 2.79. The number of rotatable bonds is 3. The SMILES string of the molecule is Cn1c(C(N)=O)nnc1N1CCC(c2ccccc2Br)C1. The van der Waals surface area contributed by atoms with Crippen LogP contribution in [0.5, 0.6) is 0 Å². The summed E-state index contributed by atoms with van der Waals surface area (Å²) in [5.74, 6) is 0.764. The van der Waals surface area contributed by atoms with Gasteiger partial charge in [0, 0.05) is 30.5 Å². The molecule has 1 aromatic carbocycles. The molecular weight excluding hydrogens is 334 g/mol. The molecule has 6 nitrogen and oxygen atoms in total. The van der Waals surface area contributed by atoms with Crippen molar-refractivity contribution in [2.45, 2.75) is 12.3 Å². The molecular formula is C14H16BrN5O. The normalized spacial score (nSPS) is 18.2. The molecule has 0 aliphatic carbocycles. The van der Waals surface area contributed by atoms with E-state index in [9.17, 15) is 4.79 Å². The summed E-state index contributed by atoms with van der Waals surface area (Å²) in [5.41, 5.74) is 6.58. The van der Waals surface area contributed by atoms with Crippen LogP contribution in [0.3, 0.4) is 0 Å². The fraction of sp³-hybridized carbons (Fsp3) is 0.357. The predicted octanol–water partition coefficient (Wildman–Crippen LogP) is 1.67. The summed E-state index contributed by atoms with van der Waals surface area (Å²) in [6, 6.07) is 8.27. The minimum atomic E-state index is -0.558. The highest BCUT2D eigenvalue weighted by atomic mass is 79.9. The number of nitrogens with two attached hydrogens (primary N) is 1. The molecule has 1 aliphatic rings. The fourth-order valence-corrected chi connectivity index (χ4v) is 3.42. The number of hydrogen-bond acceptors (Lipinski definition) is 4. The van der Waals surface area contributed by atoms with E-state index in [2.05, 4.69) is 49.2 Å². The van der Waals surface area contributed by atoms with Crippen molar-refractivity contribution >= 4 is 27.8 Å². The molecule has 0 bridgehead atoms. The van der Waals surface area contributed by atoms with E-state index in [1.54, 1.807) is 11.6 Å². The van der Waals surface area contributed by atoms with E-state index in [0.29, 0.717) is 11.9 Å². The van der Waals surface area contributed by atoms with Crippen LogP contribution in [0, 0.1) is 0 Å². The average Bonchev–Trinajstić information content (AvgIpc) is 3.05. The first-order chi connectivity index (χ1) is 10.1. The molecule has 0 spiro atoms. The third kappa shape index (κ3) is 2.53. The average molecular weight is 350 g/mol. The van der Waals surface area contributed by atoms with Crippen LogP contribution in [-0.4, -0.2) is 33.8 Å². The minimum Gasteiger partial charge on any atom is -0.363 e. The first-order valence-electron chi connectivity index (χ1n) is 6.76. The Morgan fingerprint density at radius 2 is 2.14 bits per heavy atom. The molecule has 7 heteroatoms. The Hall–Kier alpha value is -1.89. The minimum absolute atomic E-state index is 0.189. The van der Waals surface area contributed by atoms with Crippen LogP contribution in [0.1, 0.15) is 28.5 Å². The van der Waals surface area contributed by atoms with Crippen LogP contribution in [0.2, 0.25) is 0 Å². The Bertz CT molecular complexity index is 684. The highest BCUT2D eigenvalue weighted by Gasteiger charge is 2.28. The summed E-state index contributed by atoms with van der Waals surface area (Å²) >= 11 is 3.61. The predicted molar refractivity (Wildman–Crippen MR) is 83.2 cm³/mol. The van der Waals surface area contributed by atoms with E-state index in [4.69, 9.17) is 5.73 Å². The number of carbonyl (C=O) groups excluding carboxylic acids is 1. The van der Waals surface area contributed by atoms with E-state index in [1.165, 1.54) is 5.56 Å². The van der Waals surface area contributed by atoms with Crippen LogP contribution in [0.15, 0.2) is 28.7 Å². The number of hydrogen-bond donors (Lipinski definition) is 1. The molecule has 1 fully saturated rings. The van der Waals surface area contributed by atoms with E-state index < -0.39 is 5.91 Å². The third-order valence-electron chi connectivity index (χ3n) is 3.89. The highest BCUT2D eigenvalue weighted by molar-refractivity contribution is 9.10. The molecule has 2 aromatic rings. The van der Waals surface area contributed by atoms with Crippen molar-refractivity contribution in [3.05, 3.63) is 40.1 Å². The van der Waals surface area contributed by atoms with Gasteiger partial charge in [-0.3, -0.25) is 9.36 Å². The monoisotopic (exact) mass is 349 g/mol. The Kier molecular flexibility index (Phi) is 3.67. The first kappa shape index (κ1) is 14.1. The van der Waals surface area contributed by atoms with E-state index in [-0.39, 0.29) is 5.82 Å². The number of amides is 1. The maximum atomic E-state index is 11.3. The molecule has 0 radical (unpaired) electrons. The van der Waals surface area contributed by atoms with Crippen LogP contribution in [-0.2, 0) is 7.05 Å². The van der Waals surface area contributed by atoms with Gasteiger partial charge in [-0.15, -0.1) is 10.2 Å². The number of nitrogens with zero attached hydrogens (tertiary/aromatic N) is 4. The topological polar surface area (TPSA) is 77.0 Å². The molecule has 3 rings (SSSR count). The smallest absolute Gasteiger partial charge is 0.286 e. The van der Waals surface area contributed by atoms with Gasteiger partial charge in [0.1, 0.15) is 0 Å². The summed E-state index contributed by atoms with van der Waals surface area (Å²) in [4.78, 5) is 13.4. The number of primary amides is 1. The molecule has 2 heterocycles. The van der Waals surface area contributed by atoms with Gasteiger partial charge in [-0.25, -0.2) is 0 Å². The summed E-state index contributed by atoms with van der Waals surface area (Å²) in [6.45, 7) is 1.74. The Labute approximate surface area is 131 Å². The first-order valence-corrected chi connectivity index (χ1v) is 7.56. The molecule has 1 atom stereocenters. The van der Waals surface area contributed by atoms with Crippen molar-refractivity contribution in [2.75, 3.05) is 18.0 Å². The molecule has 1 saturated heterocycles. The molecule has 1 amide bonds. The van der Waals surface area contributed by atoms with Crippen molar-refractivity contribution < 1.29 is 4.79 Å². The summed E-state index contributed by atoms with van der Waals surface area (Å²) in [6.07, 6.45) is 1.04. The van der Waals surface area contributed by atoms with Crippen molar-refractivity contribution in [3.8, 4) is 0 Å². The maximum Gasteiger partial charge on any atom is 0.286 e. The van der Waals surface area contributed by atoms with Gasteiger partial charge in [-0.2, -0.15) is 0 Å². The molecule has 1 aromatic heterocycles. The largest absolute Gasteiger partial charge is 0.363 e. The standard InChI is InChI=1S/C14H16BrN5O/c1-19-13(12(16)21)17-18-14(19)20-7-6-9(8-20)10-4-2-3-5-11(10)15/h2-5,9H,6-8H2,1H3,(H2,16,21). The van der Waals surface area contributed by atoms with Crippen LogP contribution < -0.4 is 10.6 Å². The second-order valence-corrected chi connectivity index (χ2v) is 6.05. The van der Waals surface area contributed by atoms with E-state index >= 15 is 0 Å². The second-order valence-electron chi connectivity index (χ2n) is 5.20. The third-order valence-corrected chi connectivity index (χ3v) is 4.61. The van der Waals surface area contributed by atoms with Gasteiger partial charge in [0.15, 0.2) is 0 Å². The molecule has 0 saturated carbocycles. The lowest BCUT2D eigenvalue weighted by molar-refractivity contribution is 0.0987. The highest BCUT2D eigenvalue weighted by Crippen LogP contribution is 2.33. The van der Waals surface area contributed by atoms with Crippen LogP contribution >= 0.6 is 15.9 Å². The number of halogens is 1. The quantitative estimate of drug-likeness (QED) is 0.914. The van der Waals surface area contributed by atoms with Crippen molar-refractivity contribution in [1.82, 2.24) is 14.8 Å². The Morgan fingerprint density at radius 1 is 1.38 bits per heavy atom. The number of aromatic nitrogens is 3. The van der Waals surface area contributed by atoms with Gasteiger partial charge >= 0.3 is 0 Å².